The fraction of sp³-hybridized carbons (Fsp3) is 0.200. The van der Waals surface area contributed by atoms with Gasteiger partial charge in [0.15, 0.2) is 15.5 Å². The van der Waals surface area contributed by atoms with E-state index in [-0.39, 0.29) is 10.8 Å². The molecule has 0 aliphatic carbocycles. The van der Waals surface area contributed by atoms with Gasteiger partial charge in [-0.15, -0.1) is 0 Å². The lowest BCUT2D eigenvalue weighted by atomic mass is 10.1. The summed E-state index contributed by atoms with van der Waals surface area (Å²) in [4.78, 5) is 13.3. The molecule has 0 aliphatic heterocycles. The highest BCUT2D eigenvalue weighted by Gasteiger charge is 2.17. The summed E-state index contributed by atoms with van der Waals surface area (Å²) in [5.41, 5.74) is 4.05. The van der Waals surface area contributed by atoms with E-state index in [0.717, 1.165) is 35.0 Å². The van der Waals surface area contributed by atoms with Crippen LogP contribution < -0.4 is 5.32 Å². The number of carbonyl (C=O) groups excluding carboxylic acids is 1. The zero-order valence-corrected chi connectivity index (χ0v) is 18.9. The number of anilines is 1. The number of rotatable bonds is 7. The molecule has 0 spiro atoms. The van der Waals surface area contributed by atoms with Gasteiger partial charge in [-0.1, -0.05) is 55.8 Å². The van der Waals surface area contributed by atoms with Crippen molar-refractivity contribution in [3.05, 3.63) is 89.6 Å². The standard InChI is InChI=1S/C25H25N3O3S/c1-3-6-18-9-13-20(14-10-18)26-25(29)24-22-7-4-5-8-23(22)28(27-24)17-19-11-15-21(16-12-19)32(2,30)31/h4-5,7-16H,3,6,17H2,1-2H3,(H,26,29). The second-order valence-corrected chi connectivity index (χ2v) is 9.86. The van der Waals surface area contributed by atoms with Gasteiger partial charge >= 0.3 is 0 Å². The average Bonchev–Trinajstić information content (AvgIpc) is 3.14. The minimum Gasteiger partial charge on any atom is -0.321 e. The molecule has 0 atom stereocenters. The molecular weight excluding hydrogens is 422 g/mol. The van der Waals surface area contributed by atoms with Crippen LogP contribution >= 0.6 is 0 Å². The molecule has 1 N–H and O–H groups in total. The SMILES string of the molecule is CCCc1ccc(NC(=O)c2nn(Cc3ccc(S(C)(=O)=O)cc3)c3ccccc23)cc1. The van der Waals surface area contributed by atoms with Crippen molar-refractivity contribution >= 4 is 32.3 Å². The number of sulfone groups is 1. The maximum atomic E-state index is 13.0. The third-order valence-electron chi connectivity index (χ3n) is 5.31. The van der Waals surface area contributed by atoms with Gasteiger partial charge in [0.25, 0.3) is 5.91 Å². The minimum absolute atomic E-state index is 0.268. The molecule has 3 aromatic carbocycles. The monoisotopic (exact) mass is 447 g/mol. The molecule has 1 heterocycles. The van der Waals surface area contributed by atoms with Crippen LogP contribution in [0.1, 0.15) is 35.0 Å². The Morgan fingerprint density at radius 2 is 1.59 bits per heavy atom. The van der Waals surface area contributed by atoms with Crippen LogP contribution in [0.15, 0.2) is 77.7 Å². The van der Waals surface area contributed by atoms with Crippen molar-refractivity contribution in [1.82, 2.24) is 9.78 Å². The summed E-state index contributed by atoms with van der Waals surface area (Å²) in [6.45, 7) is 2.56. The molecule has 7 heteroatoms. The minimum atomic E-state index is -3.25. The van der Waals surface area contributed by atoms with E-state index >= 15 is 0 Å². The summed E-state index contributed by atoms with van der Waals surface area (Å²) in [7, 11) is -3.25. The van der Waals surface area contributed by atoms with Crippen LogP contribution in [0, 0.1) is 0 Å². The second kappa shape index (κ2) is 8.96. The van der Waals surface area contributed by atoms with Gasteiger partial charge in [0.2, 0.25) is 0 Å². The number of hydrogen-bond donors (Lipinski definition) is 1. The van der Waals surface area contributed by atoms with Crippen LogP contribution in [0.4, 0.5) is 5.69 Å². The molecule has 6 nitrogen and oxygen atoms in total. The maximum absolute atomic E-state index is 13.0. The Labute approximate surface area is 187 Å². The first-order valence-corrected chi connectivity index (χ1v) is 12.4. The smallest absolute Gasteiger partial charge is 0.276 e. The molecule has 0 radical (unpaired) electrons. The molecule has 4 aromatic rings. The summed E-state index contributed by atoms with van der Waals surface area (Å²) in [6.07, 6.45) is 3.27. The lowest BCUT2D eigenvalue weighted by Crippen LogP contribution is -2.14. The Morgan fingerprint density at radius 1 is 0.938 bits per heavy atom. The van der Waals surface area contributed by atoms with E-state index in [1.165, 1.54) is 11.8 Å². The highest BCUT2D eigenvalue weighted by molar-refractivity contribution is 7.90. The average molecular weight is 448 g/mol. The van der Waals surface area contributed by atoms with E-state index in [1.54, 1.807) is 28.9 Å². The van der Waals surface area contributed by atoms with Gasteiger partial charge in [-0.25, -0.2) is 8.42 Å². The number of hydrogen-bond acceptors (Lipinski definition) is 4. The number of aromatic nitrogens is 2. The lowest BCUT2D eigenvalue weighted by molar-refractivity contribution is 0.102. The number of amides is 1. The van der Waals surface area contributed by atoms with Crippen molar-refractivity contribution in [3.8, 4) is 0 Å². The highest BCUT2D eigenvalue weighted by atomic mass is 32.2. The van der Waals surface area contributed by atoms with Gasteiger partial charge < -0.3 is 5.32 Å². The number of nitrogens with one attached hydrogen (secondary N) is 1. The summed E-state index contributed by atoms with van der Waals surface area (Å²) in [5, 5.41) is 8.29. The fourth-order valence-electron chi connectivity index (χ4n) is 3.66. The van der Waals surface area contributed by atoms with Crippen LogP contribution in [0.3, 0.4) is 0 Å². The quantitative estimate of drug-likeness (QED) is 0.446. The second-order valence-electron chi connectivity index (χ2n) is 7.84. The third-order valence-corrected chi connectivity index (χ3v) is 6.44. The van der Waals surface area contributed by atoms with Crippen molar-refractivity contribution in [2.24, 2.45) is 0 Å². The van der Waals surface area contributed by atoms with Gasteiger partial charge in [-0.05, 0) is 47.9 Å². The Kier molecular flexibility index (Phi) is 6.10. The van der Waals surface area contributed by atoms with E-state index in [0.29, 0.717) is 12.2 Å². The molecule has 0 fully saturated rings. The van der Waals surface area contributed by atoms with Crippen LogP contribution in [-0.2, 0) is 22.8 Å². The largest absolute Gasteiger partial charge is 0.321 e. The number of aryl methyl sites for hydroxylation is 1. The first-order valence-electron chi connectivity index (χ1n) is 10.5. The first-order chi connectivity index (χ1) is 15.3. The van der Waals surface area contributed by atoms with E-state index in [9.17, 15) is 13.2 Å². The zero-order chi connectivity index (χ0) is 22.7. The predicted molar refractivity (Wildman–Crippen MR) is 127 cm³/mol. The molecule has 0 unspecified atom stereocenters. The summed E-state index contributed by atoms with van der Waals surface area (Å²) < 4.78 is 25.2. The maximum Gasteiger partial charge on any atom is 0.276 e. The Morgan fingerprint density at radius 3 is 2.25 bits per heavy atom. The summed E-state index contributed by atoms with van der Waals surface area (Å²) in [6, 6.07) is 22.2. The molecule has 0 saturated heterocycles. The van der Waals surface area contributed by atoms with Gasteiger partial charge in [0.05, 0.1) is 17.0 Å². The Balaban J connectivity index is 1.60. The van der Waals surface area contributed by atoms with E-state index in [2.05, 4.69) is 17.3 Å². The molecule has 164 valence electrons. The van der Waals surface area contributed by atoms with Crippen molar-refractivity contribution in [2.75, 3.05) is 11.6 Å². The molecule has 1 aromatic heterocycles. The zero-order valence-electron chi connectivity index (χ0n) is 18.1. The van der Waals surface area contributed by atoms with Crippen LogP contribution in [0.25, 0.3) is 10.9 Å². The molecule has 0 saturated carbocycles. The molecule has 4 rings (SSSR count). The summed E-state index contributed by atoms with van der Waals surface area (Å²) in [5.74, 6) is -0.268. The number of carbonyl (C=O) groups is 1. The van der Waals surface area contributed by atoms with Gasteiger partial charge in [0.1, 0.15) is 0 Å². The first kappa shape index (κ1) is 21.8. The van der Waals surface area contributed by atoms with Crippen molar-refractivity contribution < 1.29 is 13.2 Å². The molecular formula is C25H25N3O3S. The van der Waals surface area contributed by atoms with Gasteiger partial charge in [0, 0.05) is 17.3 Å². The topological polar surface area (TPSA) is 81.1 Å². The van der Waals surface area contributed by atoms with Crippen LogP contribution in [0.2, 0.25) is 0 Å². The third kappa shape index (κ3) is 4.73. The molecule has 32 heavy (non-hydrogen) atoms. The van der Waals surface area contributed by atoms with Crippen molar-refractivity contribution in [1.29, 1.82) is 0 Å². The molecule has 0 bridgehead atoms. The van der Waals surface area contributed by atoms with E-state index < -0.39 is 9.84 Å². The van der Waals surface area contributed by atoms with Crippen molar-refractivity contribution in [3.63, 3.8) is 0 Å². The number of fused-ring (bicyclic) bond motifs is 1. The summed E-state index contributed by atoms with van der Waals surface area (Å²) >= 11 is 0. The van der Waals surface area contributed by atoms with E-state index in [1.807, 2.05) is 48.5 Å². The predicted octanol–water partition coefficient (Wildman–Crippen LogP) is 4.69. The van der Waals surface area contributed by atoms with Crippen LogP contribution in [-0.4, -0.2) is 30.4 Å². The molecule has 0 aliphatic rings. The fourth-order valence-corrected chi connectivity index (χ4v) is 4.29. The lowest BCUT2D eigenvalue weighted by Gasteiger charge is -2.06. The molecule has 1 amide bonds. The normalized spacial score (nSPS) is 11.6. The number of para-hydroxylation sites is 1. The van der Waals surface area contributed by atoms with E-state index in [4.69, 9.17) is 0 Å². The number of nitrogens with zero attached hydrogens (tertiary/aromatic N) is 2. The van der Waals surface area contributed by atoms with Gasteiger partial charge in [-0.3, -0.25) is 9.48 Å². The Hall–Kier alpha value is -3.45. The van der Waals surface area contributed by atoms with Crippen LogP contribution in [0.5, 0.6) is 0 Å². The highest BCUT2D eigenvalue weighted by Crippen LogP contribution is 2.22. The number of benzene rings is 3. The Bertz CT molecular complexity index is 1360. The van der Waals surface area contributed by atoms with Gasteiger partial charge in [-0.2, -0.15) is 5.10 Å². The van der Waals surface area contributed by atoms with Crippen molar-refractivity contribution in [2.45, 2.75) is 31.2 Å².